The van der Waals surface area contributed by atoms with Crippen molar-refractivity contribution in [3.05, 3.63) is 59.7 Å². The van der Waals surface area contributed by atoms with Crippen molar-refractivity contribution >= 4 is 56.8 Å². The number of anilines is 4. The second-order valence-corrected chi connectivity index (χ2v) is 6.43. The largest absolute Gasteiger partial charge is 0.478 e. The number of fused-ring (bicyclic) bond motifs is 4. The van der Waals surface area contributed by atoms with Gasteiger partial charge in [-0.1, -0.05) is 0 Å². The molecule has 4 aromatic rings. The second kappa shape index (κ2) is 5.65. The summed E-state index contributed by atoms with van der Waals surface area (Å²) in [5.41, 5.74) is 5.61. The van der Waals surface area contributed by atoms with Crippen LogP contribution >= 0.6 is 0 Å². The fourth-order valence-electron chi connectivity index (χ4n) is 3.24. The number of carboxylic acid groups (broad SMARTS) is 2. The van der Waals surface area contributed by atoms with Gasteiger partial charge < -0.3 is 20.8 Å². The number of aromatic carboxylic acids is 2. The molecule has 0 saturated carbocycles. The van der Waals surface area contributed by atoms with Crippen LogP contribution in [0.2, 0.25) is 0 Å². The molecular weight excluding hydrogens is 360 g/mol. The summed E-state index contributed by atoms with van der Waals surface area (Å²) in [5.74, 6) is -2.02. The van der Waals surface area contributed by atoms with E-state index in [2.05, 4.69) is 20.6 Å². The molecule has 8 heteroatoms. The molecule has 1 aromatic heterocycles. The van der Waals surface area contributed by atoms with Crippen LogP contribution in [0.3, 0.4) is 0 Å². The average Bonchev–Trinajstić information content (AvgIpc) is 2.68. The molecule has 0 radical (unpaired) electrons. The van der Waals surface area contributed by atoms with Crippen LogP contribution in [0.5, 0.6) is 0 Å². The lowest BCUT2D eigenvalue weighted by Crippen LogP contribution is -2.08. The standard InChI is InChI=1S/C20H12N4O4/c25-19(26)9-1-3-11-13(5-9)23-17-8-18-16(7-15(17)21-11)22-12-4-2-10(20(27)28)6-14(12)24-18/h1-8,21,23H,(H,25,26)(H,27,28). The van der Waals surface area contributed by atoms with Gasteiger partial charge >= 0.3 is 11.9 Å². The Labute approximate surface area is 157 Å². The lowest BCUT2D eigenvalue weighted by Gasteiger charge is -2.23. The first kappa shape index (κ1) is 16.0. The van der Waals surface area contributed by atoms with Gasteiger partial charge in [0.05, 0.1) is 55.9 Å². The zero-order chi connectivity index (χ0) is 19.4. The molecule has 0 saturated heterocycles. The molecule has 0 unspecified atom stereocenters. The highest BCUT2D eigenvalue weighted by molar-refractivity contribution is 6.01. The summed E-state index contributed by atoms with van der Waals surface area (Å²) < 4.78 is 0. The molecule has 2 heterocycles. The van der Waals surface area contributed by atoms with E-state index in [4.69, 9.17) is 5.11 Å². The van der Waals surface area contributed by atoms with Gasteiger partial charge in [-0.2, -0.15) is 0 Å². The fourth-order valence-corrected chi connectivity index (χ4v) is 3.24. The van der Waals surface area contributed by atoms with Gasteiger partial charge in [0, 0.05) is 0 Å². The third-order valence-corrected chi connectivity index (χ3v) is 4.62. The predicted octanol–water partition coefficient (Wildman–Crippen LogP) is 3.98. The molecule has 5 rings (SSSR count). The molecule has 8 nitrogen and oxygen atoms in total. The van der Waals surface area contributed by atoms with Crippen molar-refractivity contribution in [2.75, 3.05) is 10.6 Å². The topological polar surface area (TPSA) is 124 Å². The highest BCUT2D eigenvalue weighted by Crippen LogP contribution is 2.40. The van der Waals surface area contributed by atoms with Gasteiger partial charge in [-0.3, -0.25) is 0 Å². The second-order valence-electron chi connectivity index (χ2n) is 6.43. The molecule has 0 aliphatic carbocycles. The van der Waals surface area contributed by atoms with E-state index in [0.29, 0.717) is 27.8 Å². The molecule has 136 valence electrons. The Morgan fingerprint density at radius 3 is 1.79 bits per heavy atom. The Hall–Kier alpha value is -4.20. The van der Waals surface area contributed by atoms with E-state index < -0.39 is 11.9 Å². The monoisotopic (exact) mass is 372 g/mol. The number of hydrogen-bond donors (Lipinski definition) is 4. The van der Waals surface area contributed by atoms with Crippen molar-refractivity contribution in [3.8, 4) is 0 Å². The van der Waals surface area contributed by atoms with Gasteiger partial charge in [0.25, 0.3) is 0 Å². The van der Waals surface area contributed by atoms with Crippen LogP contribution in [0.15, 0.2) is 48.5 Å². The van der Waals surface area contributed by atoms with Crippen LogP contribution in [-0.4, -0.2) is 32.1 Å². The number of carbonyl (C=O) groups is 2. The summed E-state index contributed by atoms with van der Waals surface area (Å²) in [6.45, 7) is 0. The minimum Gasteiger partial charge on any atom is -0.478 e. The van der Waals surface area contributed by atoms with Crippen LogP contribution in [0.1, 0.15) is 20.7 Å². The van der Waals surface area contributed by atoms with Crippen LogP contribution in [0.4, 0.5) is 22.7 Å². The van der Waals surface area contributed by atoms with E-state index in [1.54, 1.807) is 24.3 Å². The van der Waals surface area contributed by atoms with E-state index in [1.165, 1.54) is 18.2 Å². The summed E-state index contributed by atoms with van der Waals surface area (Å²) in [4.78, 5) is 31.5. The SMILES string of the molecule is O=C(O)c1ccc2c(c1)Nc1cc3nc4cc(C(=O)O)ccc4nc3cc1N2. The van der Waals surface area contributed by atoms with Crippen molar-refractivity contribution in [3.63, 3.8) is 0 Å². The molecule has 0 atom stereocenters. The van der Waals surface area contributed by atoms with Gasteiger partial charge in [0.15, 0.2) is 0 Å². The van der Waals surface area contributed by atoms with Gasteiger partial charge in [0.2, 0.25) is 0 Å². The van der Waals surface area contributed by atoms with Crippen molar-refractivity contribution in [1.29, 1.82) is 0 Å². The summed E-state index contributed by atoms with van der Waals surface area (Å²) in [5, 5.41) is 24.8. The molecule has 0 fully saturated rings. The number of benzene rings is 3. The van der Waals surface area contributed by atoms with E-state index >= 15 is 0 Å². The molecule has 3 aromatic carbocycles. The zero-order valence-electron chi connectivity index (χ0n) is 14.2. The fraction of sp³-hybridized carbons (Fsp3) is 0. The van der Waals surface area contributed by atoms with E-state index in [0.717, 1.165) is 17.1 Å². The highest BCUT2D eigenvalue weighted by atomic mass is 16.4. The summed E-state index contributed by atoms with van der Waals surface area (Å²) in [6, 6.07) is 13.1. The molecule has 0 bridgehead atoms. The summed E-state index contributed by atoms with van der Waals surface area (Å²) in [7, 11) is 0. The van der Waals surface area contributed by atoms with Crippen LogP contribution in [0.25, 0.3) is 22.1 Å². The molecule has 0 amide bonds. The first-order chi connectivity index (χ1) is 13.5. The van der Waals surface area contributed by atoms with E-state index in [9.17, 15) is 14.7 Å². The van der Waals surface area contributed by atoms with E-state index in [1.807, 2.05) is 6.07 Å². The Morgan fingerprint density at radius 1 is 0.607 bits per heavy atom. The first-order valence-electron chi connectivity index (χ1n) is 8.38. The third-order valence-electron chi connectivity index (χ3n) is 4.62. The summed E-state index contributed by atoms with van der Waals surface area (Å²) in [6.07, 6.45) is 0. The van der Waals surface area contributed by atoms with Crippen molar-refractivity contribution in [2.24, 2.45) is 0 Å². The van der Waals surface area contributed by atoms with Crippen molar-refractivity contribution in [1.82, 2.24) is 9.97 Å². The Kier molecular flexibility index (Phi) is 3.23. The van der Waals surface area contributed by atoms with Gasteiger partial charge in [-0.25, -0.2) is 19.6 Å². The average molecular weight is 372 g/mol. The number of carboxylic acids is 2. The Bertz CT molecular complexity index is 1330. The number of hydrogen-bond acceptors (Lipinski definition) is 6. The number of nitrogens with one attached hydrogen (secondary N) is 2. The van der Waals surface area contributed by atoms with Gasteiger partial charge in [-0.05, 0) is 48.5 Å². The number of rotatable bonds is 2. The molecule has 28 heavy (non-hydrogen) atoms. The molecule has 0 spiro atoms. The maximum absolute atomic E-state index is 11.2. The van der Waals surface area contributed by atoms with E-state index in [-0.39, 0.29) is 11.1 Å². The smallest absolute Gasteiger partial charge is 0.335 e. The summed E-state index contributed by atoms with van der Waals surface area (Å²) >= 11 is 0. The predicted molar refractivity (Wildman–Crippen MR) is 104 cm³/mol. The maximum Gasteiger partial charge on any atom is 0.335 e. The molecule has 1 aliphatic rings. The Morgan fingerprint density at radius 2 is 1.11 bits per heavy atom. The number of nitrogens with zero attached hydrogens (tertiary/aromatic N) is 2. The minimum atomic E-state index is -1.02. The zero-order valence-corrected chi connectivity index (χ0v) is 14.2. The molecule has 4 N–H and O–H groups in total. The third kappa shape index (κ3) is 2.47. The molecular formula is C20H12N4O4. The van der Waals surface area contributed by atoms with Crippen LogP contribution < -0.4 is 10.6 Å². The minimum absolute atomic E-state index is 0.147. The molecule has 1 aliphatic heterocycles. The first-order valence-corrected chi connectivity index (χ1v) is 8.38. The van der Waals surface area contributed by atoms with Crippen LogP contribution in [0, 0.1) is 0 Å². The quantitative estimate of drug-likeness (QED) is 0.343. The van der Waals surface area contributed by atoms with Gasteiger partial charge in [0.1, 0.15) is 0 Å². The lowest BCUT2D eigenvalue weighted by molar-refractivity contribution is 0.0686. The number of aromatic nitrogens is 2. The normalized spacial score (nSPS) is 12.0. The maximum atomic E-state index is 11.2. The van der Waals surface area contributed by atoms with Gasteiger partial charge in [-0.15, -0.1) is 0 Å². The van der Waals surface area contributed by atoms with Crippen molar-refractivity contribution in [2.45, 2.75) is 0 Å². The highest BCUT2D eigenvalue weighted by Gasteiger charge is 2.18. The lowest BCUT2D eigenvalue weighted by atomic mass is 10.1. The van der Waals surface area contributed by atoms with Crippen LogP contribution in [-0.2, 0) is 0 Å². The Balaban J connectivity index is 1.64. The van der Waals surface area contributed by atoms with Crippen molar-refractivity contribution < 1.29 is 19.8 Å².